The molecule has 100 valence electrons. The van der Waals surface area contributed by atoms with E-state index in [0.717, 1.165) is 6.54 Å². The lowest BCUT2D eigenvalue weighted by atomic mass is 10.5. The van der Waals surface area contributed by atoms with Crippen molar-refractivity contribution in [2.45, 2.75) is 17.1 Å². The fraction of sp³-hybridized carbons (Fsp3) is 0.200. The zero-order valence-electron chi connectivity index (χ0n) is 9.98. The molecular weight excluding hydrogens is 332 g/mol. The predicted octanol–water partition coefficient (Wildman–Crippen LogP) is 1.49. The summed E-state index contributed by atoms with van der Waals surface area (Å²) in [6, 6.07) is 1.23. The summed E-state index contributed by atoms with van der Waals surface area (Å²) in [7, 11) is 0. The first-order valence-corrected chi connectivity index (χ1v) is 7.00. The van der Waals surface area contributed by atoms with Gasteiger partial charge >= 0.3 is 0 Å². The topological polar surface area (TPSA) is 110 Å². The monoisotopic (exact) mass is 342 g/mol. The van der Waals surface area contributed by atoms with Crippen molar-refractivity contribution in [3.8, 4) is 0 Å². The molecule has 0 bridgehead atoms. The Morgan fingerprint density at radius 2 is 2.32 bits per heavy atom. The Kier molecular flexibility index (Phi) is 4.38. The maximum Gasteiger partial charge on any atom is 0.253 e. The van der Waals surface area contributed by atoms with E-state index >= 15 is 0 Å². The van der Waals surface area contributed by atoms with E-state index in [2.05, 4.69) is 41.2 Å². The standard InChI is InChI=1S/C10H11BrN6OS/c1-2-13-8-7(11)9(15-4-14-8)19-10-16-5(12)3-6(18)17-10/h3-4H,2H2,1H3,(H,13,14,15)(H3,12,16,17,18). The van der Waals surface area contributed by atoms with Crippen molar-refractivity contribution >= 4 is 39.3 Å². The third-order valence-corrected chi connectivity index (χ3v) is 3.94. The number of hydrogen-bond acceptors (Lipinski definition) is 7. The second-order valence-electron chi connectivity index (χ2n) is 3.45. The SMILES string of the molecule is CCNc1ncnc(Sc2nc(N)cc(=O)[nH]2)c1Br. The normalized spacial score (nSPS) is 10.4. The number of H-pyrrole nitrogens is 1. The Balaban J connectivity index is 2.32. The van der Waals surface area contributed by atoms with Crippen LogP contribution in [-0.2, 0) is 0 Å². The summed E-state index contributed by atoms with van der Waals surface area (Å²) < 4.78 is 0.715. The molecule has 9 heteroatoms. The molecule has 0 aliphatic rings. The Bertz CT molecular complexity index is 646. The third-order valence-electron chi connectivity index (χ3n) is 2.03. The van der Waals surface area contributed by atoms with Gasteiger partial charge in [-0.2, -0.15) is 0 Å². The first-order chi connectivity index (χ1) is 9.10. The van der Waals surface area contributed by atoms with Crippen LogP contribution in [0.3, 0.4) is 0 Å². The molecule has 0 saturated heterocycles. The molecule has 0 atom stereocenters. The van der Waals surface area contributed by atoms with Crippen molar-refractivity contribution in [2.75, 3.05) is 17.6 Å². The lowest BCUT2D eigenvalue weighted by Gasteiger charge is -2.07. The molecule has 0 fully saturated rings. The highest BCUT2D eigenvalue weighted by atomic mass is 79.9. The van der Waals surface area contributed by atoms with Crippen molar-refractivity contribution in [3.63, 3.8) is 0 Å². The molecule has 0 aliphatic heterocycles. The molecule has 0 aliphatic carbocycles. The van der Waals surface area contributed by atoms with Gasteiger partial charge in [-0.1, -0.05) is 0 Å². The molecule has 2 aromatic heterocycles. The molecule has 0 saturated carbocycles. The summed E-state index contributed by atoms with van der Waals surface area (Å²) in [5, 5.41) is 4.12. The van der Waals surface area contributed by atoms with E-state index in [0.29, 0.717) is 20.5 Å². The number of nitrogen functional groups attached to an aromatic ring is 1. The van der Waals surface area contributed by atoms with Gasteiger partial charge in [0.15, 0.2) is 5.16 Å². The minimum absolute atomic E-state index is 0.170. The van der Waals surface area contributed by atoms with Crippen LogP contribution in [0.25, 0.3) is 0 Å². The summed E-state index contributed by atoms with van der Waals surface area (Å²) in [6.45, 7) is 2.71. The van der Waals surface area contributed by atoms with Crippen molar-refractivity contribution in [2.24, 2.45) is 0 Å². The second kappa shape index (κ2) is 6.02. The van der Waals surface area contributed by atoms with Gasteiger partial charge in [-0.15, -0.1) is 0 Å². The van der Waals surface area contributed by atoms with Crippen molar-refractivity contribution in [1.82, 2.24) is 19.9 Å². The number of aromatic amines is 1. The van der Waals surface area contributed by atoms with E-state index in [1.165, 1.54) is 24.2 Å². The molecule has 2 rings (SSSR count). The number of nitrogens with one attached hydrogen (secondary N) is 2. The number of aromatic nitrogens is 4. The van der Waals surface area contributed by atoms with Crippen LogP contribution >= 0.6 is 27.7 Å². The van der Waals surface area contributed by atoms with Crippen LogP contribution in [0.5, 0.6) is 0 Å². The summed E-state index contributed by atoms with van der Waals surface area (Å²) in [5.74, 6) is 0.856. The Morgan fingerprint density at radius 3 is 3.00 bits per heavy atom. The molecule has 0 spiro atoms. The lowest BCUT2D eigenvalue weighted by molar-refractivity contribution is 0.933. The number of rotatable bonds is 4. The zero-order chi connectivity index (χ0) is 13.8. The van der Waals surface area contributed by atoms with Crippen LogP contribution in [0.1, 0.15) is 6.92 Å². The summed E-state index contributed by atoms with van der Waals surface area (Å²) in [5.41, 5.74) is 5.23. The van der Waals surface area contributed by atoms with Crippen LogP contribution in [0.4, 0.5) is 11.6 Å². The van der Waals surface area contributed by atoms with Crippen LogP contribution in [0.15, 0.2) is 31.8 Å². The predicted molar refractivity (Wildman–Crippen MR) is 77.3 cm³/mol. The molecule has 4 N–H and O–H groups in total. The first-order valence-electron chi connectivity index (χ1n) is 5.39. The number of anilines is 2. The molecule has 7 nitrogen and oxygen atoms in total. The molecule has 0 amide bonds. The van der Waals surface area contributed by atoms with Gasteiger partial charge < -0.3 is 16.0 Å². The van der Waals surface area contributed by atoms with Crippen LogP contribution < -0.4 is 16.6 Å². The minimum Gasteiger partial charge on any atom is -0.383 e. The summed E-state index contributed by atoms with van der Waals surface area (Å²) >= 11 is 4.62. The van der Waals surface area contributed by atoms with Gasteiger partial charge in [0.1, 0.15) is 23.0 Å². The fourth-order valence-corrected chi connectivity index (χ4v) is 2.67. The van der Waals surface area contributed by atoms with Crippen LogP contribution in [0.2, 0.25) is 0 Å². The Labute approximate surface area is 121 Å². The highest BCUT2D eigenvalue weighted by Gasteiger charge is 2.11. The fourth-order valence-electron chi connectivity index (χ4n) is 1.31. The smallest absolute Gasteiger partial charge is 0.253 e. The molecule has 19 heavy (non-hydrogen) atoms. The largest absolute Gasteiger partial charge is 0.383 e. The van der Waals surface area contributed by atoms with E-state index in [9.17, 15) is 4.79 Å². The first kappa shape index (κ1) is 13.8. The van der Waals surface area contributed by atoms with Gasteiger partial charge in [-0.05, 0) is 34.6 Å². The molecule has 2 heterocycles. The maximum atomic E-state index is 11.3. The molecular formula is C10H11BrN6OS. The molecule has 2 aromatic rings. The maximum absolute atomic E-state index is 11.3. The molecule has 0 unspecified atom stereocenters. The quantitative estimate of drug-likeness (QED) is 0.570. The third kappa shape index (κ3) is 3.44. The van der Waals surface area contributed by atoms with Gasteiger partial charge in [0.25, 0.3) is 5.56 Å². The van der Waals surface area contributed by atoms with E-state index in [-0.39, 0.29) is 11.4 Å². The van der Waals surface area contributed by atoms with Gasteiger partial charge in [0, 0.05) is 12.6 Å². The average molecular weight is 343 g/mol. The van der Waals surface area contributed by atoms with Crippen molar-refractivity contribution in [3.05, 3.63) is 27.2 Å². The number of nitrogens with two attached hydrogens (primary N) is 1. The number of nitrogens with zero attached hydrogens (tertiary/aromatic N) is 3. The van der Waals surface area contributed by atoms with Crippen LogP contribution in [-0.4, -0.2) is 26.5 Å². The Hall–Kier alpha value is -1.61. The van der Waals surface area contributed by atoms with Gasteiger partial charge in [0.05, 0.1) is 4.47 Å². The molecule has 0 radical (unpaired) electrons. The Morgan fingerprint density at radius 1 is 1.53 bits per heavy atom. The van der Waals surface area contributed by atoms with Crippen molar-refractivity contribution in [1.29, 1.82) is 0 Å². The average Bonchev–Trinajstić information content (AvgIpc) is 2.33. The molecule has 0 aromatic carbocycles. The minimum atomic E-state index is -0.299. The van der Waals surface area contributed by atoms with E-state index in [1.807, 2.05) is 6.92 Å². The number of halogens is 1. The second-order valence-corrected chi connectivity index (χ2v) is 5.22. The zero-order valence-corrected chi connectivity index (χ0v) is 12.4. The van der Waals surface area contributed by atoms with Gasteiger partial charge in [-0.3, -0.25) is 4.79 Å². The van der Waals surface area contributed by atoms with Crippen molar-refractivity contribution < 1.29 is 0 Å². The highest BCUT2D eigenvalue weighted by molar-refractivity contribution is 9.10. The van der Waals surface area contributed by atoms with E-state index in [1.54, 1.807) is 0 Å². The van der Waals surface area contributed by atoms with Crippen LogP contribution in [0, 0.1) is 0 Å². The summed E-state index contributed by atoms with van der Waals surface area (Å²) in [4.78, 5) is 26.2. The van der Waals surface area contributed by atoms with Gasteiger partial charge in [0.2, 0.25) is 0 Å². The lowest BCUT2D eigenvalue weighted by Crippen LogP contribution is -2.09. The number of hydrogen-bond donors (Lipinski definition) is 3. The van der Waals surface area contributed by atoms with E-state index in [4.69, 9.17) is 5.73 Å². The summed E-state index contributed by atoms with van der Waals surface area (Å²) in [6.07, 6.45) is 1.44. The highest BCUT2D eigenvalue weighted by Crippen LogP contribution is 2.32. The van der Waals surface area contributed by atoms with Gasteiger partial charge in [-0.25, -0.2) is 15.0 Å². The van der Waals surface area contributed by atoms with E-state index < -0.39 is 0 Å².